The Kier molecular flexibility index (Phi) is 2.65. The van der Waals surface area contributed by atoms with Gasteiger partial charge in [-0.05, 0) is 55.2 Å². The van der Waals surface area contributed by atoms with Gasteiger partial charge in [-0.2, -0.15) is 0 Å². The molecular formula is C11H21IN+. The third-order valence-electron chi connectivity index (χ3n) is 4.57. The fourth-order valence-corrected chi connectivity index (χ4v) is 4.93. The van der Waals surface area contributed by atoms with Crippen LogP contribution in [0.15, 0.2) is 0 Å². The highest BCUT2D eigenvalue weighted by Crippen LogP contribution is 2.50. The molecule has 0 amide bonds. The van der Waals surface area contributed by atoms with Crippen molar-refractivity contribution in [3.05, 3.63) is 0 Å². The molecule has 13 heavy (non-hydrogen) atoms. The van der Waals surface area contributed by atoms with Crippen LogP contribution in [0.1, 0.15) is 45.4 Å². The zero-order valence-electron chi connectivity index (χ0n) is 8.85. The van der Waals surface area contributed by atoms with Crippen molar-refractivity contribution in [2.24, 2.45) is 0 Å². The van der Waals surface area contributed by atoms with Crippen molar-refractivity contribution >= 4 is 22.6 Å². The predicted octanol–water partition coefficient (Wildman–Crippen LogP) is 3.32. The first-order valence-electron chi connectivity index (χ1n) is 5.66. The molecule has 0 spiro atoms. The highest BCUT2D eigenvalue weighted by molar-refractivity contribution is 14.1. The molecular weight excluding hydrogens is 273 g/mol. The Hall–Kier alpha value is 0.690. The molecule has 0 aromatic rings. The molecule has 1 nitrogen and oxygen atoms in total. The topological polar surface area (TPSA) is 0 Å². The van der Waals surface area contributed by atoms with E-state index in [1.165, 1.54) is 49.6 Å². The monoisotopic (exact) mass is 294 g/mol. The Labute approximate surface area is 95.6 Å². The molecule has 2 heterocycles. The van der Waals surface area contributed by atoms with E-state index in [-0.39, 0.29) is 0 Å². The number of hydrogen-bond donors (Lipinski definition) is 0. The lowest BCUT2D eigenvalue weighted by atomic mass is 9.82. The normalized spacial score (nSPS) is 50.5. The number of nitrogens with zero attached hydrogens (tertiary/aromatic N) is 1. The van der Waals surface area contributed by atoms with Crippen LogP contribution in [0, 0.1) is 0 Å². The van der Waals surface area contributed by atoms with Crippen LogP contribution in [-0.4, -0.2) is 27.7 Å². The number of quaternary nitrogens is 1. The first kappa shape index (κ1) is 10.2. The second-order valence-corrected chi connectivity index (χ2v) is 6.95. The van der Waals surface area contributed by atoms with Crippen LogP contribution in [0.4, 0.5) is 0 Å². The predicted molar refractivity (Wildman–Crippen MR) is 65.0 cm³/mol. The molecule has 2 heteroatoms. The molecule has 0 aromatic heterocycles. The lowest BCUT2D eigenvalue weighted by Crippen LogP contribution is -2.67. The highest BCUT2D eigenvalue weighted by atomic mass is 127. The van der Waals surface area contributed by atoms with E-state index < -0.39 is 0 Å². The van der Waals surface area contributed by atoms with Gasteiger partial charge < -0.3 is 4.48 Å². The van der Waals surface area contributed by atoms with Crippen LogP contribution < -0.4 is 0 Å². The van der Waals surface area contributed by atoms with Crippen molar-refractivity contribution in [3.8, 4) is 0 Å². The SMILES string of the molecule is CC[N+]1(C)C2CCCC1(I)CCC2. The molecule has 0 N–H and O–H groups in total. The van der Waals surface area contributed by atoms with E-state index in [4.69, 9.17) is 0 Å². The van der Waals surface area contributed by atoms with E-state index in [9.17, 15) is 0 Å². The Balaban J connectivity index is 2.31. The summed E-state index contributed by atoms with van der Waals surface area (Å²) in [6.07, 6.45) is 8.82. The van der Waals surface area contributed by atoms with Gasteiger partial charge in [-0.3, -0.25) is 0 Å². The van der Waals surface area contributed by atoms with Gasteiger partial charge in [0.05, 0.1) is 19.6 Å². The molecule has 0 radical (unpaired) electrons. The van der Waals surface area contributed by atoms with Gasteiger partial charge in [0.2, 0.25) is 0 Å². The van der Waals surface area contributed by atoms with Crippen LogP contribution >= 0.6 is 22.6 Å². The minimum atomic E-state index is 0.591. The minimum Gasteiger partial charge on any atom is -0.311 e. The summed E-state index contributed by atoms with van der Waals surface area (Å²) >= 11 is 2.77. The zero-order valence-corrected chi connectivity index (χ0v) is 11.0. The van der Waals surface area contributed by atoms with Crippen LogP contribution in [0.5, 0.6) is 0 Å². The number of hydrogen-bond acceptors (Lipinski definition) is 0. The van der Waals surface area contributed by atoms with Gasteiger partial charge in [0.15, 0.2) is 0 Å². The lowest BCUT2D eigenvalue weighted by Gasteiger charge is -2.58. The van der Waals surface area contributed by atoms with E-state index in [1.54, 1.807) is 0 Å². The summed E-state index contributed by atoms with van der Waals surface area (Å²) in [4.78, 5) is 0. The lowest BCUT2D eigenvalue weighted by molar-refractivity contribution is -0.970. The first-order chi connectivity index (χ1) is 6.12. The van der Waals surface area contributed by atoms with E-state index in [0.29, 0.717) is 3.55 Å². The molecule has 2 fully saturated rings. The summed E-state index contributed by atoms with van der Waals surface area (Å²) in [6, 6.07) is 0.976. The fourth-order valence-electron chi connectivity index (χ4n) is 3.44. The summed E-state index contributed by atoms with van der Waals surface area (Å²) in [5.41, 5.74) is 0. The molecule has 2 aliphatic heterocycles. The molecule has 0 aromatic carbocycles. The molecule has 2 bridgehead atoms. The Morgan fingerprint density at radius 3 is 2.15 bits per heavy atom. The van der Waals surface area contributed by atoms with Gasteiger partial charge in [-0.25, -0.2) is 0 Å². The Morgan fingerprint density at radius 1 is 1.31 bits per heavy atom. The molecule has 76 valence electrons. The van der Waals surface area contributed by atoms with Crippen LogP contribution in [-0.2, 0) is 0 Å². The van der Waals surface area contributed by atoms with E-state index >= 15 is 0 Å². The Morgan fingerprint density at radius 2 is 1.85 bits per heavy atom. The summed E-state index contributed by atoms with van der Waals surface area (Å²) in [7, 11) is 2.50. The van der Waals surface area contributed by atoms with E-state index in [1.807, 2.05) is 0 Å². The zero-order chi connectivity index (χ0) is 9.53. The van der Waals surface area contributed by atoms with Crippen LogP contribution in [0.3, 0.4) is 0 Å². The summed E-state index contributed by atoms with van der Waals surface area (Å²) in [5.74, 6) is 0. The Bertz CT molecular complexity index is 194. The number of piperidine rings is 2. The van der Waals surface area contributed by atoms with Crippen molar-refractivity contribution in [1.29, 1.82) is 0 Å². The third kappa shape index (κ3) is 1.36. The maximum atomic E-state index is 2.77. The number of halogens is 1. The van der Waals surface area contributed by atoms with Crippen LogP contribution in [0.2, 0.25) is 0 Å². The van der Waals surface area contributed by atoms with Gasteiger partial charge in [0, 0.05) is 12.8 Å². The highest BCUT2D eigenvalue weighted by Gasteiger charge is 2.54. The maximum absolute atomic E-state index is 2.77. The molecule has 1 atom stereocenters. The van der Waals surface area contributed by atoms with Gasteiger partial charge in [0.1, 0.15) is 3.55 Å². The van der Waals surface area contributed by atoms with Crippen molar-refractivity contribution in [3.63, 3.8) is 0 Å². The molecule has 0 saturated carbocycles. The second kappa shape index (κ2) is 3.37. The molecule has 1 unspecified atom stereocenters. The minimum absolute atomic E-state index is 0.591. The smallest absolute Gasteiger partial charge is 0.149 e. The van der Waals surface area contributed by atoms with Crippen molar-refractivity contribution in [2.75, 3.05) is 13.6 Å². The quantitative estimate of drug-likeness (QED) is 0.301. The van der Waals surface area contributed by atoms with E-state index in [2.05, 4.69) is 36.6 Å². The average Bonchev–Trinajstić information content (AvgIpc) is 2.08. The summed E-state index contributed by atoms with van der Waals surface area (Å²) < 4.78 is 1.95. The van der Waals surface area contributed by atoms with Gasteiger partial charge in [-0.1, -0.05) is 0 Å². The average molecular weight is 294 g/mol. The number of rotatable bonds is 1. The molecule has 2 rings (SSSR count). The first-order valence-corrected chi connectivity index (χ1v) is 6.74. The van der Waals surface area contributed by atoms with Gasteiger partial charge >= 0.3 is 0 Å². The fraction of sp³-hybridized carbons (Fsp3) is 1.00. The number of alkyl halides is 1. The van der Waals surface area contributed by atoms with Gasteiger partial charge in [0.25, 0.3) is 0 Å². The van der Waals surface area contributed by atoms with Crippen molar-refractivity contribution < 1.29 is 4.48 Å². The third-order valence-corrected chi connectivity index (χ3v) is 6.75. The molecule has 0 aliphatic carbocycles. The summed E-state index contributed by atoms with van der Waals surface area (Å²) in [6.45, 7) is 3.70. The maximum Gasteiger partial charge on any atom is 0.149 e. The number of fused-ring (bicyclic) bond motifs is 2. The molecule has 2 saturated heterocycles. The van der Waals surface area contributed by atoms with Crippen LogP contribution in [0.25, 0.3) is 0 Å². The molecule has 2 aliphatic rings. The summed E-state index contributed by atoms with van der Waals surface area (Å²) in [5, 5.41) is 0. The van der Waals surface area contributed by atoms with Gasteiger partial charge in [-0.15, -0.1) is 0 Å². The van der Waals surface area contributed by atoms with Crippen molar-refractivity contribution in [2.45, 2.75) is 55.0 Å². The standard InChI is InChI=1S/C11H21IN/c1-3-13(2)10-6-4-8-11(13,12)9-5-7-10/h10H,3-9H2,1-2H3/q+1. The van der Waals surface area contributed by atoms with E-state index in [0.717, 1.165) is 6.04 Å². The van der Waals surface area contributed by atoms with Crippen molar-refractivity contribution in [1.82, 2.24) is 0 Å². The largest absolute Gasteiger partial charge is 0.311 e. The second-order valence-electron chi connectivity index (χ2n) is 4.94.